The van der Waals surface area contributed by atoms with Crippen LogP contribution >= 0.6 is 0 Å². The molecule has 0 unspecified atom stereocenters. The molecule has 0 atom stereocenters. The predicted molar refractivity (Wildman–Crippen MR) is 84.6 cm³/mol. The summed E-state index contributed by atoms with van der Waals surface area (Å²) in [4.78, 5) is 17.2. The fourth-order valence-corrected chi connectivity index (χ4v) is 2.86. The van der Waals surface area contributed by atoms with Gasteiger partial charge in [0.15, 0.2) is 5.78 Å². The van der Waals surface area contributed by atoms with Crippen LogP contribution in [-0.2, 0) is 0 Å². The van der Waals surface area contributed by atoms with E-state index in [1.54, 1.807) is 0 Å². The maximum atomic E-state index is 12.8. The second-order valence-corrected chi connectivity index (χ2v) is 6.38. The molecule has 1 heterocycles. The second kappa shape index (κ2) is 5.96. The molecule has 0 amide bonds. The zero-order chi connectivity index (χ0) is 14.8. The van der Waals surface area contributed by atoms with E-state index in [-0.39, 0.29) is 5.78 Å². The van der Waals surface area contributed by atoms with E-state index in [1.165, 1.54) is 19.3 Å². The third-order valence-electron chi connectivity index (χ3n) is 4.35. The van der Waals surface area contributed by atoms with Crippen LogP contribution < -0.4 is 4.90 Å². The number of hydrogen-bond acceptors (Lipinski definition) is 3. The van der Waals surface area contributed by atoms with Gasteiger partial charge in [0.05, 0.1) is 5.54 Å². The molecule has 1 saturated heterocycles. The molecule has 1 aliphatic heterocycles. The molecule has 0 aromatic heterocycles. The molecule has 3 heteroatoms. The molecule has 0 spiro atoms. The number of nitrogens with zero attached hydrogens (tertiary/aromatic N) is 2. The molecule has 3 nitrogen and oxygen atoms in total. The SMILES string of the molecule is CN(C)c1ccc(C(=O)C(C)(C)N2CCCCC2)cc1. The summed E-state index contributed by atoms with van der Waals surface area (Å²) in [7, 11) is 4.02. The third-order valence-corrected chi connectivity index (χ3v) is 4.35. The normalized spacial score (nSPS) is 17.0. The summed E-state index contributed by atoms with van der Waals surface area (Å²) in [6.45, 7) is 6.18. The minimum absolute atomic E-state index is 0.227. The Morgan fingerprint density at radius 3 is 2.10 bits per heavy atom. The Morgan fingerprint density at radius 2 is 1.60 bits per heavy atom. The van der Waals surface area contributed by atoms with Crippen LogP contribution in [0.4, 0.5) is 5.69 Å². The van der Waals surface area contributed by atoms with Gasteiger partial charge in [0.1, 0.15) is 0 Å². The zero-order valence-electron chi connectivity index (χ0n) is 13.1. The molecular formula is C17H26N2O. The van der Waals surface area contributed by atoms with E-state index >= 15 is 0 Å². The average molecular weight is 274 g/mol. The zero-order valence-corrected chi connectivity index (χ0v) is 13.1. The maximum absolute atomic E-state index is 12.8. The van der Waals surface area contributed by atoms with Crippen molar-refractivity contribution in [3.05, 3.63) is 29.8 Å². The van der Waals surface area contributed by atoms with Crippen LogP contribution in [0.25, 0.3) is 0 Å². The Kier molecular flexibility index (Phi) is 4.48. The van der Waals surface area contributed by atoms with Crippen LogP contribution in [0.15, 0.2) is 24.3 Å². The number of benzene rings is 1. The van der Waals surface area contributed by atoms with Crippen LogP contribution in [-0.4, -0.2) is 43.4 Å². The molecule has 0 N–H and O–H groups in total. The van der Waals surface area contributed by atoms with Crippen molar-refractivity contribution in [1.82, 2.24) is 4.90 Å². The van der Waals surface area contributed by atoms with E-state index in [0.717, 1.165) is 24.3 Å². The summed E-state index contributed by atoms with van der Waals surface area (Å²) >= 11 is 0. The topological polar surface area (TPSA) is 23.6 Å². The monoisotopic (exact) mass is 274 g/mol. The van der Waals surface area contributed by atoms with E-state index in [9.17, 15) is 4.79 Å². The van der Waals surface area contributed by atoms with Gasteiger partial charge < -0.3 is 4.90 Å². The molecule has 20 heavy (non-hydrogen) atoms. The van der Waals surface area contributed by atoms with Crippen molar-refractivity contribution >= 4 is 11.5 Å². The molecule has 1 aromatic rings. The minimum atomic E-state index is -0.403. The highest BCUT2D eigenvalue weighted by molar-refractivity contribution is 6.02. The van der Waals surface area contributed by atoms with Crippen LogP contribution in [0.2, 0.25) is 0 Å². The summed E-state index contributed by atoms with van der Waals surface area (Å²) in [5.74, 6) is 0.227. The number of rotatable bonds is 4. The summed E-state index contributed by atoms with van der Waals surface area (Å²) in [5, 5.41) is 0. The Bertz CT molecular complexity index is 456. The van der Waals surface area contributed by atoms with Gasteiger partial charge in [-0.05, 0) is 64.0 Å². The first-order chi connectivity index (χ1) is 9.43. The Labute approximate surface area is 122 Å². The Morgan fingerprint density at radius 1 is 1.05 bits per heavy atom. The number of Topliss-reactive ketones (excluding diaryl/α,β-unsaturated/α-hetero) is 1. The molecule has 1 aliphatic rings. The second-order valence-electron chi connectivity index (χ2n) is 6.38. The van der Waals surface area contributed by atoms with Gasteiger partial charge in [-0.2, -0.15) is 0 Å². The summed E-state index contributed by atoms with van der Waals surface area (Å²) in [5.41, 5.74) is 1.53. The van der Waals surface area contributed by atoms with Crippen molar-refractivity contribution in [2.45, 2.75) is 38.6 Å². The molecule has 0 bridgehead atoms. The van der Waals surface area contributed by atoms with Crippen molar-refractivity contribution in [2.24, 2.45) is 0 Å². The van der Waals surface area contributed by atoms with Crippen molar-refractivity contribution in [3.63, 3.8) is 0 Å². The lowest BCUT2D eigenvalue weighted by atomic mass is 9.89. The maximum Gasteiger partial charge on any atom is 0.182 e. The van der Waals surface area contributed by atoms with Gasteiger partial charge in [0.2, 0.25) is 0 Å². The fraction of sp³-hybridized carbons (Fsp3) is 0.588. The van der Waals surface area contributed by atoms with Gasteiger partial charge in [-0.1, -0.05) is 6.42 Å². The van der Waals surface area contributed by atoms with E-state index in [1.807, 2.05) is 43.3 Å². The predicted octanol–water partition coefficient (Wildman–Crippen LogP) is 3.20. The first-order valence-electron chi connectivity index (χ1n) is 7.50. The van der Waals surface area contributed by atoms with Crippen LogP contribution in [0.5, 0.6) is 0 Å². The summed E-state index contributed by atoms with van der Waals surface area (Å²) in [6, 6.07) is 7.92. The molecule has 0 saturated carbocycles. The highest BCUT2D eigenvalue weighted by Gasteiger charge is 2.35. The smallest absolute Gasteiger partial charge is 0.182 e. The quantitative estimate of drug-likeness (QED) is 0.788. The average Bonchev–Trinajstić information content (AvgIpc) is 2.47. The van der Waals surface area contributed by atoms with E-state index in [4.69, 9.17) is 0 Å². The number of likely N-dealkylation sites (tertiary alicyclic amines) is 1. The number of anilines is 1. The molecule has 0 radical (unpaired) electrons. The Hall–Kier alpha value is -1.35. The van der Waals surface area contributed by atoms with Crippen molar-refractivity contribution in [3.8, 4) is 0 Å². The lowest BCUT2D eigenvalue weighted by Crippen LogP contribution is -2.52. The van der Waals surface area contributed by atoms with Crippen LogP contribution in [0, 0.1) is 0 Å². The fourth-order valence-electron chi connectivity index (χ4n) is 2.86. The number of carbonyl (C=O) groups is 1. The first-order valence-corrected chi connectivity index (χ1v) is 7.50. The molecule has 110 valence electrons. The number of hydrogen-bond donors (Lipinski definition) is 0. The van der Waals surface area contributed by atoms with Gasteiger partial charge in [-0.15, -0.1) is 0 Å². The standard InChI is InChI=1S/C17H26N2O/c1-17(2,19-12-6-5-7-13-19)16(20)14-8-10-15(11-9-14)18(3)4/h8-11H,5-7,12-13H2,1-4H3. The number of ketones is 1. The van der Waals surface area contributed by atoms with Crippen molar-refractivity contribution in [1.29, 1.82) is 0 Å². The van der Waals surface area contributed by atoms with Crippen LogP contribution in [0.1, 0.15) is 43.5 Å². The molecule has 1 aromatic carbocycles. The van der Waals surface area contributed by atoms with Gasteiger partial charge in [-0.3, -0.25) is 9.69 Å². The number of carbonyl (C=O) groups excluding carboxylic acids is 1. The molecule has 0 aliphatic carbocycles. The van der Waals surface area contributed by atoms with E-state index in [0.29, 0.717) is 0 Å². The van der Waals surface area contributed by atoms with Gasteiger partial charge in [-0.25, -0.2) is 0 Å². The molecule has 1 fully saturated rings. The largest absolute Gasteiger partial charge is 0.378 e. The molecular weight excluding hydrogens is 248 g/mol. The highest BCUT2D eigenvalue weighted by Crippen LogP contribution is 2.25. The van der Waals surface area contributed by atoms with Gasteiger partial charge in [0.25, 0.3) is 0 Å². The van der Waals surface area contributed by atoms with Gasteiger partial charge >= 0.3 is 0 Å². The van der Waals surface area contributed by atoms with E-state index < -0.39 is 5.54 Å². The molecule has 2 rings (SSSR count). The van der Waals surface area contributed by atoms with Crippen molar-refractivity contribution in [2.75, 3.05) is 32.1 Å². The number of piperidine rings is 1. The summed E-state index contributed by atoms with van der Waals surface area (Å²) < 4.78 is 0. The lowest BCUT2D eigenvalue weighted by Gasteiger charge is -2.39. The summed E-state index contributed by atoms with van der Waals surface area (Å²) in [6.07, 6.45) is 3.70. The minimum Gasteiger partial charge on any atom is -0.378 e. The first kappa shape index (κ1) is 15.0. The van der Waals surface area contributed by atoms with Crippen molar-refractivity contribution < 1.29 is 4.79 Å². The Balaban J connectivity index is 2.16. The third kappa shape index (κ3) is 3.04. The highest BCUT2D eigenvalue weighted by atomic mass is 16.1. The van der Waals surface area contributed by atoms with Crippen LogP contribution in [0.3, 0.4) is 0 Å². The van der Waals surface area contributed by atoms with Gasteiger partial charge in [0, 0.05) is 25.3 Å². The van der Waals surface area contributed by atoms with E-state index in [2.05, 4.69) is 18.7 Å². The lowest BCUT2D eigenvalue weighted by molar-refractivity contribution is 0.0579.